The van der Waals surface area contributed by atoms with Crippen LogP contribution in [0.5, 0.6) is 0 Å². The van der Waals surface area contributed by atoms with E-state index in [-0.39, 0.29) is 0 Å². The van der Waals surface area contributed by atoms with Gasteiger partial charge in [0.05, 0.1) is 0 Å². The Hall–Kier alpha value is -0.0400. The van der Waals surface area contributed by atoms with E-state index >= 15 is 0 Å². The average molecular weight is 181 g/mol. The summed E-state index contributed by atoms with van der Waals surface area (Å²) in [6, 6.07) is 0.858. The molecule has 1 heteroatoms. The SMILES string of the molecule is CCCC1C2CC(C(C)CN2)C1C. The van der Waals surface area contributed by atoms with Crippen molar-refractivity contribution in [1.82, 2.24) is 5.32 Å². The van der Waals surface area contributed by atoms with E-state index in [0.717, 1.165) is 29.7 Å². The predicted octanol–water partition coefficient (Wildman–Crippen LogP) is 2.67. The molecule has 0 aromatic carbocycles. The molecule has 1 aliphatic heterocycles. The van der Waals surface area contributed by atoms with Gasteiger partial charge in [0.15, 0.2) is 0 Å². The summed E-state index contributed by atoms with van der Waals surface area (Å²) in [5.74, 6) is 3.87. The van der Waals surface area contributed by atoms with Gasteiger partial charge in [0, 0.05) is 6.04 Å². The normalized spacial score (nSPS) is 49.6. The Morgan fingerprint density at radius 3 is 2.69 bits per heavy atom. The van der Waals surface area contributed by atoms with Crippen LogP contribution in [0.2, 0.25) is 0 Å². The summed E-state index contributed by atoms with van der Waals surface area (Å²) in [6.07, 6.45) is 4.24. The Bertz CT molecular complexity index is 178. The van der Waals surface area contributed by atoms with Crippen molar-refractivity contribution in [1.29, 1.82) is 0 Å². The second kappa shape index (κ2) is 3.61. The highest BCUT2D eigenvalue weighted by molar-refractivity contribution is 4.98. The molecule has 1 heterocycles. The van der Waals surface area contributed by atoms with Crippen LogP contribution in [0.1, 0.15) is 40.0 Å². The van der Waals surface area contributed by atoms with Crippen molar-refractivity contribution in [2.75, 3.05) is 6.54 Å². The van der Waals surface area contributed by atoms with Crippen LogP contribution in [-0.4, -0.2) is 12.6 Å². The molecule has 2 bridgehead atoms. The molecule has 0 amide bonds. The lowest BCUT2D eigenvalue weighted by atomic mass is 9.82. The number of hydrogen-bond acceptors (Lipinski definition) is 1. The van der Waals surface area contributed by atoms with Crippen molar-refractivity contribution in [3.63, 3.8) is 0 Å². The molecule has 5 unspecified atom stereocenters. The van der Waals surface area contributed by atoms with E-state index in [0.29, 0.717) is 0 Å². The Morgan fingerprint density at radius 2 is 2.08 bits per heavy atom. The molecule has 0 spiro atoms. The second-order valence-corrected chi connectivity index (χ2v) is 5.20. The van der Waals surface area contributed by atoms with Crippen LogP contribution in [0.15, 0.2) is 0 Å². The molecule has 2 fully saturated rings. The van der Waals surface area contributed by atoms with Crippen molar-refractivity contribution in [3.8, 4) is 0 Å². The van der Waals surface area contributed by atoms with Crippen LogP contribution in [0.25, 0.3) is 0 Å². The van der Waals surface area contributed by atoms with E-state index < -0.39 is 0 Å². The maximum Gasteiger partial charge on any atom is 0.0101 e. The Balaban J connectivity index is 2.07. The van der Waals surface area contributed by atoms with Gasteiger partial charge in [0.2, 0.25) is 0 Å². The third kappa shape index (κ3) is 1.52. The quantitative estimate of drug-likeness (QED) is 0.690. The fraction of sp³-hybridized carbons (Fsp3) is 1.00. The minimum absolute atomic E-state index is 0.858. The smallest absolute Gasteiger partial charge is 0.0101 e. The number of hydrogen-bond donors (Lipinski definition) is 1. The number of rotatable bonds is 2. The first-order valence-electron chi connectivity index (χ1n) is 5.97. The minimum Gasteiger partial charge on any atom is -0.313 e. The van der Waals surface area contributed by atoms with E-state index in [1.807, 2.05) is 0 Å². The molecule has 0 aromatic heterocycles. The Kier molecular flexibility index (Phi) is 2.64. The average Bonchev–Trinajstić information content (AvgIpc) is 2.38. The van der Waals surface area contributed by atoms with E-state index in [1.165, 1.54) is 25.8 Å². The first-order chi connectivity index (χ1) is 6.24. The maximum absolute atomic E-state index is 3.73. The van der Waals surface area contributed by atoms with Crippen LogP contribution in [0, 0.1) is 23.7 Å². The van der Waals surface area contributed by atoms with Crippen molar-refractivity contribution in [2.45, 2.75) is 46.1 Å². The molecule has 1 N–H and O–H groups in total. The molecular formula is C12H23N. The molecule has 1 saturated heterocycles. The molecule has 1 aliphatic carbocycles. The van der Waals surface area contributed by atoms with Gasteiger partial charge in [-0.15, -0.1) is 0 Å². The topological polar surface area (TPSA) is 12.0 Å². The van der Waals surface area contributed by atoms with Gasteiger partial charge in [-0.05, 0) is 43.1 Å². The molecule has 0 aromatic rings. The lowest BCUT2D eigenvalue weighted by molar-refractivity contribution is 0.253. The van der Waals surface area contributed by atoms with Crippen molar-refractivity contribution in [2.24, 2.45) is 23.7 Å². The molecule has 13 heavy (non-hydrogen) atoms. The molecule has 2 rings (SSSR count). The van der Waals surface area contributed by atoms with Crippen molar-refractivity contribution in [3.05, 3.63) is 0 Å². The zero-order valence-corrected chi connectivity index (χ0v) is 9.22. The van der Waals surface area contributed by atoms with E-state index in [4.69, 9.17) is 0 Å². The highest BCUT2D eigenvalue weighted by atomic mass is 15.0. The highest BCUT2D eigenvalue weighted by Gasteiger charge is 2.44. The zero-order valence-electron chi connectivity index (χ0n) is 9.22. The summed E-state index contributed by atoms with van der Waals surface area (Å²) < 4.78 is 0. The summed E-state index contributed by atoms with van der Waals surface area (Å²) in [5.41, 5.74) is 0. The predicted molar refractivity (Wildman–Crippen MR) is 56.6 cm³/mol. The van der Waals surface area contributed by atoms with Gasteiger partial charge >= 0.3 is 0 Å². The van der Waals surface area contributed by atoms with E-state index in [9.17, 15) is 0 Å². The number of nitrogens with one attached hydrogen (secondary N) is 1. The van der Waals surface area contributed by atoms with Crippen LogP contribution in [-0.2, 0) is 0 Å². The van der Waals surface area contributed by atoms with Crippen LogP contribution < -0.4 is 5.32 Å². The largest absolute Gasteiger partial charge is 0.313 e. The lowest BCUT2D eigenvalue weighted by Gasteiger charge is -2.28. The maximum atomic E-state index is 3.73. The fourth-order valence-electron chi connectivity index (χ4n) is 3.64. The van der Waals surface area contributed by atoms with E-state index in [2.05, 4.69) is 26.1 Å². The summed E-state index contributed by atoms with van der Waals surface area (Å²) in [7, 11) is 0. The Morgan fingerprint density at radius 1 is 1.31 bits per heavy atom. The summed E-state index contributed by atoms with van der Waals surface area (Å²) in [5, 5.41) is 3.73. The first kappa shape index (κ1) is 9.51. The van der Waals surface area contributed by atoms with Gasteiger partial charge in [-0.25, -0.2) is 0 Å². The highest BCUT2D eigenvalue weighted by Crippen LogP contribution is 2.45. The number of fused-ring (bicyclic) bond motifs is 2. The second-order valence-electron chi connectivity index (χ2n) is 5.20. The van der Waals surface area contributed by atoms with E-state index in [1.54, 1.807) is 0 Å². The minimum atomic E-state index is 0.858. The monoisotopic (exact) mass is 181 g/mol. The van der Waals surface area contributed by atoms with Gasteiger partial charge < -0.3 is 5.32 Å². The zero-order chi connectivity index (χ0) is 9.42. The fourth-order valence-corrected chi connectivity index (χ4v) is 3.64. The molecule has 2 aliphatic rings. The summed E-state index contributed by atoms with van der Waals surface area (Å²) in [6.45, 7) is 8.48. The van der Waals surface area contributed by atoms with Crippen molar-refractivity contribution >= 4 is 0 Å². The summed E-state index contributed by atoms with van der Waals surface area (Å²) >= 11 is 0. The van der Waals surface area contributed by atoms with Gasteiger partial charge in [-0.2, -0.15) is 0 Å². The first-order valence-corrected chi connectivity index (χ1v) is 5.97. The van der Waals surface area contributed by atoms with Gasteiger partial charge in [0.1, 0.15) is 0 Å². The van der Waals surface area contributed by atoms with Gasteiger partial charge in [-0.3, -0.25) is 0 Å². The molecule has 1 nitrogen and oxygen atoms in total. The van der Waals surface area contributed by atoms with Crippen LogP contribution in [0.4, 0.5) is 0 Å². The van der Waals surface area contributed by atoms with Crippen molar-refractivity contribution < 1.29 is 0 Å². The molecule has 1 saturated carbocycles. The Labute approximate surface area is 82.3 Å². The van der Waals surface area contributed by atoms with Gasteiger partial charge in [-0.1, -0.05) is 27.2 Å². The van der Waals surface area contributed by atoms with Crippen LogP contribution >= 0.6 is 0 Å². The molecule has 5 atom stereocenters. The summed E-state index contributed by atoms with van der Waals surface area (Å²) in [4.78, 5) is 0. The third-order valence-electron chi connectivity index (χ3n) is 4.45. The van der Waals surface area contributed by atoms with Gasteiger partial charge in [0.25, 0.3) is 0 Å². The third-order valence-corrected chi connectivity index (χ3v) is 4.45. The number of piperidine rings is 1. The molecule has 76 valence electrons. The molecule has 0 radical (unpaired) electrons. The molecular weight excluding hydrogens is 158 g/mol. The lowest BCUT2D eigenvalue weighted by Crippen LogP contribution is -2.39. The standard InChI is InChI=1S/C12H23N/c1-4-5-10-9(3)11-6-12(10)13-7-8(11)2/h8-13H,4-7H2,1-3H3. The van der Waals surface area contributed by atoms with Crippen LogP contribution in [0.3, 0.4) is 0 Å².